The summed E-state index contributed by atoms with van der Waals surface area (Å²) in [4.78, 5) is 0. The zero-order valence-corrected chi connectivity index (χ0v) is 15.5. The third-order valence-corrected chi connectivity index (χ3v) is 11.1. The molecule has 1 rings (SSSR count). The molecular weight excluding hydrogens is 262 g/mol. The Hall–Kier alpha value is -0.646. The van der Waals surface area contributed by atoms with Crippen LogP contribution < -0.4 is 0 Å². The van der Waals surface area contributed by atoms with Gasteiger partial charge in [0.25, 0.3) is 0 Å². The lowest BCUT2D eigenvalue weighted by atomic mass is 10.1. The first-order valence-corrected chi connectivity index (χ1v) is 14.0. The van der Waals surface area contributed by atoms with Gasteiger partial charge in [-0.3, -0.25) is 0 Å². The molecule has 0 atom stereocenters. The Morgan fingerprint density at radius 1 is 0.947 bits per heavy atom. The highest BCUT2D eigenvalue weighted by Gasteiger charge is 2.33. The summed E-state index contributed by atoms with van der Waals surface area (Å²) in [6, 6.07) is 10.6. The molecule has 0 aliphatic heterocycles. The van der Waals surface area contributed by atoms with E-state index < -0.39 is 16.5 Å². The van der Waals surface area contributed by atoms with Crippen LogP contribution in [-0.4, -0.2) is 27.2 Å². The molecule has 3 heteroatoms. The lowest BCUT2D eigenvalue weighted by molar-refractivity contribution is 0.624. The van der Waals surface area contributed by atoms with Crippen molar-refractivity contribution in [3.63, 3.8) is 0 Å². The van der Waals surface area contributed by atoms with Gasteiger partial charge in [0.1, 0.15) is 16.5 Å². The van der Waals surface area contributed by atoms with Gasteiger partial charge >= 0.3 is 0 Å². The molecular formula is C16H29NSi2. The molecule has 0 aliphatic carbocycles. The van der Waals surface area contributed by atoms with Crippen LogP contribution in [0.1, 0.15) is 12.0 Å². The highest BCUT2D eigenvalue weighted by atomic mass is 28.4. The van der Waals surface area contributed by atoms with Crippen LogP contribution in [-0.2, 0) is 0 Å². The van der Waals surface area contributed by atoms with Crippen molar-refractivity contribution in [3.05, 3.63) is 42.5 Å². The van der Waals surface area contributed by atoms with Gasteiger partial charge in [-0.15, -0.1) is 0 Å². The smallest absolute Gasteiger partial charge is 0.112 e. The predicted molar refractivity (Wildman–Crippen MR) is 93.5 cm³/mol. The van der Waals surface area contributed by atoms with E-state index in [2.05, 4.69) is 80.4 Å². The molecule has 0 saturated heterocycles. The third kappa shape index (κ3) is 5.09. The third-order valence-electron chi connectivity index (χ3n) is 3.44. The number of hydrogen-bond donors (Lipinski definition) is 0. The Kier molecular flexibility index (Phi) is 5.36. The molecule has 0 amide bonds. The monoisotopic (exact) mass is 291 g/mol. The molecule has 19 heavy (non-hydrogen) atoms. The molecule has 0 unspecified atom stereocenters. The topological polar surface area (TPSA) is 3.24 Å². The van der Waals surface area contributed by atoms with Crippen molar-refractivity contribution >= 4 is 22.0 Å². The molecule has 106 valence electrons. The summed E-state index contributed by atoms with van der Waals surface area (Å²) in [7, 11) is -2.47. The number of rotatable bonds is 6. The van der Waals surface area contributed by atoms with Crippen molar-refractivity contribution in [3.8, 4) is 0 Å². The quantitative estimate of drug-likeness (QED) is 0.662. The van der Waals surface area contributed by atoms with E-state index in [0.29, 0.717) is 0 Å². The van der Waals surface area contributed by atoms with Gasteiger partial charge in [0.05, 0.1) is 0 Å². The highest BCUT2D eigenvalue weighted by molar-refractivity contribution is 6.89. The van der Waals surface area contributed by atoms with Gasteiger partial charge in [-0.05, 0) is 24.1 Å². The van der Waals surface area contributed by atoms with Crippen LogP contribution in [0.5, 0.6) is 0 Å². The van der Waals surface area contributed by atoms with Gasteiger partial charge in [0.2, 0.25) is 0 Å². The minimum Gasteiger partial charge on any atom is -0.345 e. The van der Waals surface area contributed by atoms with Crippen LogP contribution >= 0.6 is 0 Å². The van der Waals surface area contributed by atoms with E-state index in [4.69, 9.17) is 0 Å². The van der Waals surface area contributed by atoms with Gasteiger partial charge < -0.3 is 4.23 Å². The van der Waals surface area contributed by atoms with Crippen molar-refractivity contribution in [1.82, 2.24) is 4.23 Å². The molecule has 0 bridgehead atoms. The molecule has 0 radical (unpaired) electrons. The summed E-state index contributed by atoms with van der Waals surface area (Å²) in [5.74, 6) is 0. The lowest BCUT2D eigenvalue weighted by Crippen LogP contribution is -2.59. The van der Waals surface area contributed by atoms with Crippen LogP contribution in [0.3, 0.4) is 0 Å². The highest BCUT2D eigenvalue weighted by Crippen LogP contribution is 2.23. The van der Waals surface area contributed by atoms with Crippen LogP contribution in [0, 0.1) is 0 Å². The summed E-state index contributed by atoms with van der Waals surface area (Å²) in [5.41, 5.74) is 2.55. The fourth-order valence-corrected chi connectivity index (χ4v) is 12.4. The normalized spacial score (nSPS) is 12.8. The van der Waals surface area contributed by atoms with Gasteiger partial charge in [-0.1, -0.05) is 76.2 Å². The Balaban J connectivity index is 2.71. The molecule has 1 aromatic carbocycles. The van der Waals surface area contributed by atoms with Gasteiger partial charge in [0, 0.05) is 0 Å². The van der Waals surface area contributed by atoms with Crippen LogP contribution in [0.15, 0.2) is 36.9 Å². The average molecular weight is 292 g/mol. The van der Waals surface area contributed by atoms with Crippen molar-refractivity contribution in [2.75, 3.05) is 6.54 Å². The summed E-state index contributed by atoms with van der Waals surface area (Å²) in [6.45, 7) is 20.2. The predicted octanol–water partition coefficient (Wildman–Crippen LogP) is 5.06. The summed E-state index contributed by atoms with van der Waals surface area (Å²) < 4.78 is 2.83. The van der Waals surface area contributed by atoms with E-state index in [1.165, 1.54) is 17.7 Å². The maximum Gasteiger partial charge on any atom is 0.112 e. The number of benzene rings is 1. The molecule has 1 nitrogen and oxygen atoms in total. The zero-order valence-electron chi connectivity index (χ0n) is 13.5. The summed E-state index contributed by atoms with van der Waals surface area (Å²) in [5, 5.41) is 0. The van der Waals surface area contributed by atoms with Gasteiger partial charge in [0.15, 0.2) is 0 Å². The summed E-state index contributed by atoms with van der Waals surface area (Å²) in [6.07, 6.45) is 1.08. The second-order valence-corrected chi connectivity index (χ2v) is 17.4. The zero-order chi connectivity index (χ0) is 14.7. The Bertz CT molecular complexity index is 399. The average Bonchev–Trinajstić information content (AvgIpc) is 2.26. The first-order valence-electron chi connectivity index (χ1n) is 7.13. The standard InChI is InChI=1S/C16H29NSi2/c1-15(16-11-9-8-10-12-16)13-14-17(18(2,3)4)19(5,6)7/h8-12H,1,13-14H2,2-7H3. The molecule has 0 aromatic heterocycles. The van der Waals surface area contributed by atoms with E-state index >= 15 is 0 Å². The van der Waals surface area contributed by atoms with Crippen molar-refractivity contribution < 1.29 is 0 Å². The maximum absolute atomic E-state index is 4.27. The van der Waals surface area contributed by atoms with Crippen LogP contribution in [0.25, 0.3) is 5.57 Å². The first kappa shape index (κ1) is 16.4. The molecule has 0 heterocycles. The Labute approximate surface area is 121 Å². The van der Waals surface area contributed by atoms with E-state index in [1.807, 2.05) is 0 Å². The first-order chi connectivity index (χ1) is 8.62. The molecule has 0 aliphatic rings. The van der Waals surface area contributed by atoms with E-state index in [1.54, 1.807) is 0 Å². The fourth-order valence-electron chi connectivity index (χ4n) is 2.74. The largest absolute Gasteiger partial charge is 0.345 e. The minimum atomic E-state index is -1.24. The van der Waals surface area contributed by atoms with Crippen LogP contribution in [0.4, 0.5) is 0 Å². The van der Waals surface area contributed by atoms with Crippen molar-refractivity contribution in [1.29, 1.82) is 0 Å². The molecule has 1 aromatic rings. The Morgan fingerprint density at radius 2 is 1.42 bits per heavy atom. The number of nitrogens with zero attached hydrogens (tertiary/aromatic N) is 1. The van der Waals surface area contributed by atoms with E-state index in [9.17, 15) is 0 Å². The SMILES string of the molecule is C=C(CCN([Si](C)(C)C)[Si](C)(C)C)c1ccccc1. The van der Waals surface area contributed by atoms with E-state index in [0.717, 1.165) is 6.42 Å². The number of hydrogen-bond acceptors (Lipinski definition) is 1. The lowest BCUT2D eigenvalue weighted by Gasteiger charge is -2.43. The molecule has 0 saturated carbocycles. The van der Waals surface area contributed by atoms with Crippen molar-refractivity contribution in [2.24, 2.45) is 0 Å². The fraction of sp³-hybridized carbons (Fsp3) is 0.500. The maximum atomic E-state index is 4.27. The molecule has 0 N–H and O–H groups in total. The molecule has 0 fully saturated rings. The van der Waals surface area contributed by atoms with Crippen molar-refractivity contribution in [2.45, 2.75) is 45.7 Å². The molecule has 0 spiro atoms. The van der Waals surface area contributed by atoms with Crippen LogP contribution in [0.2, 0.25) is 39.3 Å². The van der Waals surface area contributed by atoms with E-state index in [-0.39, 0.29) is 0 Å². The van der Waals surface area contributed by atoms with Gasteiger partial charge in [-0.2, -0.15) is 0 Å². The second-order valence-electron chi connectivity index (χ2n) is 7.21. The van der Waals surface area contributed by atoms with Gasteiger partial charge in [-0.25, -0.2) is 0 Å². The second kappa shape index (κ2) is 6.20. The minimum absolute atomic E-state index is 1.08. The Morgan fingerprint density at radius 3 is 1.84 bits per heavy atom. The summed E-state index contributed by atoms with van der Waals surface area (Å²) >= 11 is 0.